The molecule has 0 unspecified atom stereocenters. The fourth-order valence-corrected chi connectivity index (χ4v) is 1.83. The van der Waals surface area contributed by atoms with Crippen molar-refractivity contribution in [3.05, 3.63) is 12.4 Å². The van der Waals surface area contributed by atoms with Crippen LogP contribution in [-0.2, 0) is 0 Å². The largest absolute Gasteiger partial charge is 0.674 e. The summed E-state index contributed by atoms with van der Waals surface area (Å²) in [5.74, 6) is 0. The molecule has 1 aliphatic rings. The van der Waals surface area contributed by atoms with E-state index >= 15 is 0 Å². The zero-order valence-electron chi connectivity index (χ0n) is 17.1. The van der Waals surface area contributed by atoms with Gasteiger partial charge in [-0.05, 0) is 6.42 Å². The van der Waals surface area contributed by atoms with Crippen LogP contribution in [0, 0.1) is 0 Å². The van der Waals surface area contributed by atoms with Crippen LogP contribution in [0.4, 0.5) is 17.3 Å². The summed E-state index contributed by atoms with van der Waals surface area (Å²) in [4.78, 5) is 4.61. The maximum Gasteiger partial charge on any atom is 0.674 e. The Kier molecular flexibility index (Phi) is 34.0. The molecule has 18 heteroatoms. The lowest BCUT2D eigenvalue weighted by atomic mass is 10.1. The monoisotopic (exact) mass is 452 g/mol. The van der Waals surface area contributed by atoms with Gasteiger partial charge >= 0.3 is 29.6 Å². The first kappa shape index (κ1) is 36.4. The molecule has 0 aliphatic carbocycles. The van der Waals surface area contributed by atoms with Gasteiger partial charge < -0.3 is 50.0 Å². The molecule has 1 heterocycles. The summed E-state index contributed by atoms with van der Waals surface area (Å²) in [7, 11) is -8.54. The van der Waals surface area contributed by atoms with Gasteiger partial charge in [0.15, 0.2) is 0 Å². The third-order valence-corrected chi connectivity index (χ3v) is 2.74. The number of hydrogen-bond acceptors (Lipinski definition) is 10. The lowest BCUT2D eigenvalue weighted by Gasteiger charge is -2.17. The predicted molar refractivity (Wildman–Crippen MR) is 107 cm³/mol. The van der Waals surface area contributed by atoms with E-state index in [1.807, 2.05) is 0 Å². The van der Waals surface area contributed by atoms with Crippen molar-refractivity contribution in [1.82, 2.24) is 9.80 Å². The summed E-state index contributed by atoms with van der Waals surface area (Å²) in [5, 5.41) is 55.6. The van der Waals surface area contributed by atoms with E-state index in [1.54, 1.807) is 0 Å². The summed E-state index contributed by atoms with van der Waals surface area (Å²) in [5.41, 5.74) is 0. The minimum absolute atomic E-state index is 1.08. The van der Waals surface area contributed by atoms with Crippen molar-refractivity contribution in [3.63, 3.8) is 0 Å². The molecule has 0 aromatic rings. The van der Waals surface area contributed by atoms with Crippen molar-refractivity contribution in [3.8, 4) is 0 Å². The molecule has 1 aliphatic heterocycles. The fourth-order valence-electron chi connectivity index (χ4n) is 1.83. The van der Waals surface area contributed by atoms with Gasteiger partial charge in [0.1, 0.15) is 0 Å². The molecule has 0 aromatic heterocycles. The highest BCUT2D eigenvalue weighted by molar-refractivity contribution is 6.32. The van der Waals surface area contributed by atoms with Crippen LogP contribution in [0.3, 0.4) is 0 Å². The standard InChI is InChI=1S/C12H24N2.4BFH2O2/c1-3-4-5-6-7-8-9-14-11-10-13(2)12-14;4*2-1(3)4/h10-11H,3-9,12H2,1-2H3;4*3-4H. The first-order chi connectivity index (χ1) is 13.8. The Labute approximate surface area is 175 Å². The van der Waals surface area contributed by atoms with E-state index in [2.05, 4.69) is 36.2 Å². The highest BCUT2D eigenvalue weighted by Crippen LogP contribution is 2.08. The molecule has 10 nitrogen and oxygen atoms in total. The van der Waals surface area contributed by atoms with Gasteiger partial charge in [-0.1, -0.05) is 39.0 Å². The summed E-state index contributed by atoms with van der Waals surface area (Å²) in [6.45, 7) is 4.58. The van der Waals surface area contributed by atoms with Gasteiger partial charge in [0.05, 0.1) is 6.67 Å². The third kappa shape index (κ3) is 71.3. The molecule has 8 N–H and O–H groups in total. The maximum absolute atomic E-state index is 10.1. The summed E-state index contributed by atoms with van der Waals surface area (Å²) < 4.78 is 40.4. The normalized spacial score (nSPS) is 10.9. The van der Waals surface area contributed by atoms with E-state index in [9.17, 15) is 17.3 Å². The smallest absolute Gasteiger partial charge is 0.398 e. The Balaban J connectivity index is -0.000000174. The molecular formula is C12H32B4F4N2O8. The SMILES string of the molecule is CCCCCCCCN1C=CN(C)C1.OB(O)F.OB(O)F.OB(O)F.OB(O)F. The summed E-state index contributed by atoms with van der Waals surface area (Å²) in [6.07, 6.45) is 12.7. The van der Waals surface area contributed by atoms with Crippen LogP contribution in [0.5, 0.6) is 0 Å². The van der Waals surface area contributed by atoms with Crippen LogP contribution in [0.2, 0.25) is 0 Å². The van der Waals surface area contributed by atoms with Crippen LogP contribution in [0.1, 0.15) is 45.4 Å². The van der Waals surface area contributed by atoms with Gasteiger partial charge in [-0.15, -0.1) is 0 Å². The van der Waals surface area contributed by atoms with E-state index < -0.39 is 29.6 Å². The van der Waals surface area contributed by atoms with Crippen molar-refractivity contribution in [2.45, 2.75) is 45.4 Å². The quantitative estimate of drug-likeness (QED) is 0.133. The van der Waals surface area contributed by atoms with Crippen molar-refractivity contribution >= 4 is 29.6 Å². The molecule has 0 spiro atoms. The zero-order valence-corrected chi connectivity index (χ0v) is 17.1. The first-order valence-electron chi connectivity index (χ1n) is 8.89. The minimum Gasteiger partial charge on any atom is -0.398 e. The molecule has 0 atom stereocenters. The fraction of sp³-hybridized carbons (Fsp3) is 0.833. The molecule has 0 aromatic carbocycles. The van der Waals surface area contributed by atoms with Crippen LogP contribution < -0.4 is 0 Å². The first-order valence-corrected chi connectivity index (χ1v) is 8.89. The number of halogens is 4. The second-order valence-electron chi connectivity index (χ2n) is 5.52. The van der Waals surface area contributed by atoms with E-state index in [4.69, 9.17) is 40.2 Å². The minimum atomic E-state index is -2.67. The van der Waals surface area contributed by atoms with Crippen molar-refractivity contribution in [2.24, 2.45) is 0 Å². The van der Waals surface area contributed by atoms with E-state index in [0.29, 0.717) is 0 Å². The zero-order chi connectivity index (χ0) is 24.5. The van der Waals surface area contributed by atoms with Crippen molar-refractivity contribution in [2.75, 3.05) is 20.3 Å². The second kappa shape index (κ2) is 28.0. The van der Waals surface area contributed by atoms with Gasteiger partial charge in [0, 0.05) is 26.0 Å². The lowest BCUT2D eigenvalue weighted by molar-refractivity contribution is 0.290. The van der Waals surface area contributed by atoms with Crippen molar-refractivity contribution in [1.29, 1.82) is 0 Å². The summed E-state index contributed by atoms with van der Waals surface area (Å²) in [6, 6.07) is 0. The average molecular weight is 452 g/mol. The van der Waals surface area contributed by atoms with Crippen LogP contribution in [0.15, 0.2) is 12.4 Å². The van der Waals surface area contributed by atoms with Gasteiger partial charge in [-0.3, -0.25) is 17.3 Å². The van der Waals surface area contributed by atoms with Gasteiger partial charge in [0.2, 0.25) is 0 Å². The molecule has 30 heavy (non-hydrogen) atoms. The molecule has 178 valence electrons. The van der Waals surface area contributed by atoms with Gasteiger partial charge in [0.25, 0.3) is 0 Å². The Morgan fingerprint density at radius 2 is 1.00 bits per heavy atom. The van der Waals surface area contributed by atoms with E-state index in [0.717, 1.165) is 6.67 Å². The molecule has 0 radical (unpaired) electrons. The molecular weight excluding hydrogens is 419 g/mol. The van der Waals surface area contributed by atoms with Crippen LogP contribution in [0.25, 0.3) is 0 Å². The molecule has 0 bridgehead atoms. The summed E-state index contributed by atoms with van der Waals surface area (Å²) >= 11 is 0. The molecule has 0 saturated carbocycles. The molecule has 0 amide bonds. The Morgan fingerprint density at radius 3 is 1.30 bits per heavy atom. The van der Waals surface area contributed by atoms with Crippen molar-refractivity contribution < 1.29 is 57.5 Å². The second-order valence-corrected chi connectivity index (χ2v) is 5.52. The molecule has 1 rings (SSSR count). The van der Waals surface area contributed by atoms with E-state index in [-0.39, 0.29) is 0 Å². The lowest BCUT2D eigenvalue weighted by Crippen LogP contribution is -2.23. The number of unbranched alkanes of at least 4 members (excludes halogenated alkanes) is 5. The van der Waals surface area contributed by atoms with Gasteiger partial charge in [-0.25, -0.2) is 0 Å². The van der Waals surface area contributed by atoms with E-state index in [1.165, 1.54) is 45.1 Å². The Bertz CT molecular complexity index is 322. The molecule has 0 saturated heterocycles. The van der Waals surface area contributed by atoms with Crippen LogP contribution in [-0.4, -0.2) is 99.8 Å². The van der Waals surface area contributed by atoms with Gasteiger partial charge in [-0.2, -0.15) is 0 Å². The predicted octanol–water partition coefficient (Wildman–Crippen LogP) is -1.28. The Hall–Kier alpha value is -1.00. The maximum atomic E-state index is 10.1. The number of nitrogens with zero attached hydrogens (tertiary/aromatic N) is 2. The number of hydrogen-bond donors (Lipinski definition) is 8. The third-order valence-electron chi connectivity index (χ3n) is 2.74. The highest BCUT2D eigenvalue weighted by Gasteiger charge is 2.06. The topological polar surface area (TPSA) is 168 Å². The molecule has 0 fully saturated rings. The highest BCUT2D eigenvalue weighted by atomic mass is 19.1. The van der Waals surface area contributed by atoms with Crippen LogP contribution >= 0.6 is 0 Å². The number of rotatable bonds is 7. The average Bonchev–Trinajstić information content (AvgIpc) is 2.94. The Morgan fingerprint density at radius 1 is 0.667 bits per heavy atom.